The third kappa shape index (κ3) is 4.93. The van der Waals surface area contributed by atoms with E-state index in [1.165, 1.54) is 0 Å². The van der Waals surface area contributed by atoms with Crippen molar-refractivity contribution in [3.8, 4) is 0 Å². The summed E-state index contributed by atoms with van der Waals surface area (Å²) in [6.45, 7) is 12.8. The SMILES string of the molecule is CN(C)c1ccc(C2=CC(c3ccc(N(C)C)cc3)=C3N=C(C(C)(C)C)N=C4N=C(C(C)(C)C)N=C2N43)cc1. The molecule has 3 aliphatic heterocycles. The first-order chi connectivity index (χ1) is 18.2. The van der Waals surface area contributed by atoms with E-state index in [-0.39, 0.29) is 10.8 Å². The van der Waals surface area contributed by atoms with Gasteiger partial charge in [-0.3, -0.25) is 0 Å². The van der Waals surface area contributed by atoms with Gasteiger partial charge in [0.1, 0.15) is 11.7 Å². The van der Waals surface area contributed by atoms with Crippen molar-refractivity contribution in [2.45, 2.75) is 41.5 Å². The van der Waals surface area contributed by atoms with Crippen LogP contribution >= 0.6 is 0 Å². The molecule has 0 amide bonds. The lowest BCUT2D eigenvalue weighted by Gasteiger charge is -2.38. The molecule has 7 heteroatoms. The highest BCUT2D eigenvalue weighted by Gasteiger charge is 2.40. The van der Waals surface area contributed by atoms with Gasteiger partial charge in [-0.25, -0.2) is 14.9 Å². The van der Waals surface area contributed by atoms with Gasteiger partial charge in [0, 0.05) is 61.5 Å². The van der Waals surface area contributed by atoms with Crippen LogP contribution < -0.4 is 9.80 Å². The maximum Gasteiger partial charge on any atom is 0.240 e. The van der Waals surface area contributed by atoms with E-state index in [1.54, 1.807) is 0 Å². The fraction of sp³-hybridized carbons (Fsp3) is 0.375. The van der Waals surface area contributed by atoms with Crippen molar-refractivity contribution in [1.29, 1.82) is 0 Å². The number of allylic oxidation sites excluding steroid dienone is 2. The summed E-state index contributed by atoms with van der Waals surface area (Å²) >= 11 is 0. The molecule has 0 fully saturated rings. The Kier molecular flexibility index (Phi) is 6.36. The number of hydrogen-bond acceptors (Lipinski definition) is 7. The van der Waals surface area contributed by atoms with Gasteiger partial charge >= 0.3 is 0 Å². The Hall–Kier alpha value is -4.00. The van der Waals surface area contributed by atoms with Crippen molar-refractivity contribution in [3.63, 3.8) is 0 Å². The van der Waals surface area contributed by atoms with Crippen LogP contribution in [0.2, 0.25) is 0 Å². The molecule has 3 aliphatic rings. The number of rotatable bonds is 4. The van der Waals surface area contributed by atoms with Gasteiger partial charge in [-0.1, -0.05) is 65.8 Å². The highest BCUT2D eigenvalue weighted by atomic mass is 15.4. The minimum atomic E-state index is -0.246. The number of guanidine groups is 1. The van der Waals surface area contributed by atoms with Gasteiger partial charge in [-0.05, 0) is 41.5 Å². The van der Waals surface area contributed by atoms with Crippen molar-refractivity contribution in [2.24, 2.45) is 30.8 Å². The van der Waals surface area contributed by atoms with E-state index in [4.69, 9.17) is 20.0 Å². The van der Waals surface area contributed by atoms with E-state index >= 15 is 0 Å². The molecular formula is C32H39N7. The van der Waals surface area contributed by atoms with E-state index in [2.05, 4.69) is 134 Å². The Morgan fingerprint density at radius 1 is 0.590 bits per heavy atom. The minimum Gasteiger partial charge on any atom is -0.378 e. The summed E-state index contributed by atoms with van der Waals surface area (Å²) in [6, 6.07) is 17.2. The second-order valence-corrected chi connectivity index (χ2v) is 12.7. The predicted octanol–water partition coefficient (Wildman–Crippen LogP) is 6.56. The molecule has 0 saturated heterocycles. The Bertz CT molecular complexity index is 1480. The summed E-state index contributed by atoms with van der Waals surface area (Å²) in [5.41, 5.74) is 6.01. The molecule has 2 aromatic rings. The molecule has 5 rings (SSSR count). The summed E-state index contributed by atoms with van der Waals surface area (Å²) in [5.74, 6) is 3.77. The van der Waals surface area contributed by atoms with Crippen LogP contribution in [0.4, 0.5) is 11.4 Å². The first-order valence-corrected chi connectivity index (χ1v) is 13.4. The molecule has 3 heterocycles. The second-order valence-electron chi connectivity index (χ2n) is 12.7. The van der Waals surface area contributed by atoms with Crippen LogP contribution in [-0.4, -0.2) is 56.6 Å². The van der Waals surface area contributed by atoms with Crippen LogP contribution in [-0.2, 0) is 0 Å². The van der Waals surface area contributed by atoms with E-state index < -0.39 is 0 Å². The number of amidine groups is 3. The maximum absolute atomic E-state index is 5.15. The van der Waals surface area contributed by atoms with Gasteiger partial charge < -0.3 is 9.80 Å². The first-order valence-electron chi connectivity index (χ1n) is 13.4. The third-order valence-corrected chi connectivity index (χ3v) is 6.96. The molecule has 202 valence electrons. The zero-order valence-corrected chi connectivity index (χ0v) is 24.8. The Balaban J connectivity index is 1.80. The quantitative estimate of drug-likeness (QED) is 0.458. The molecular weight excluding hydrogens is 482 g/mol. The zero-order valence-electron chi connectivity index (χ0n) is 24.8. The molecule has 0 unspecified atom stereocenters. The van der Waals surface area contributed by atoms with Crippen LogP contribution in [0.5, 0.6) is 0 Å². The van der Waals surface area contributed by atoms with Gasteiger partial charge in [-0.2, -0.15) is 9.98 Å². The van der Waals surface area contributed by atoms with Crippen LogP contribution in [0.3, 0.4) is 0 Å². The fourth-order valence-electron chi connectivity index (χ4n) is 4.56. The lowest BCUT2D eigenvalue weighted by atomic mass is 9.90. The number of benzene rings is 2. The average molecular weight is 522 g/mol. The summed E-state index contributed by atoms with van der Waals surface area (Å²) in [6.07, 6.45) is 2.23. The Morgan fingerprint density at radius 3 is 1.56 bits per heavy atom. The van der Waals surface area contributed by atoms with Crippen LogP contribution in [0, 0.1) is 10.8 Å². The lowest BCUT2D eigenvalue weighted by Crippen LogP contribution is -2.46. The van der Waals surface area contributed by atoms with E-state index in [9.17, 15) is 0 Å². The summed E-state index contributed by atoms with van der Waals surface area (Å²) in [7, 11) is 8.21. The minimum absolute atomic E-state index is 0.246. The Labute approximate surface area is 232 Å². The molecule has 0 atom stereocenters. The molecule has 0 spiro atoms. The van der Waals surface area contributed by atoms with Gasteiger partial charge in [0.15, 0.2) is 11.7 Å². The van der Waals surface area contributed by atoms with Gasteiger partial charge in [0.2, 0.25) is 5.96 Å². The Morgan fingerprint density at radius 2 is 1.08 bits per heavy atom. The topological polar surface area (TPSA) is 59.2 Å². The fourth-order valence-corrected chi connectivity index (χ4v) is 4.56. The van der Waals surface area contributed by atoms with E-state index in [0.29, 0.717) is 5.96 Å². The van der Waals surface area contributed by atoms with Crippen LogP contribution in [0.1, 0.15) is 52.7 Å². The van der Waals surface area contributed by atoms with Crippen molar-refractivity contribution < 1.29 is 0 Å². The zero-order chi connectivity index (χ0) is 28.3. The molecule has 0 N–H and O–H groups in total. The monoisotopic (exact) mass is 521 g/mol. The highest BCUT2D eigenvalue weighted by molar-refractivity contribution is 6.36. The van der Waals surface area contributed by atoms with Crippen molar-refractivity contribution in [3.05, 3.63) is 71.6 Å². The molecule has 39 heavy (non-hydrogen) atoms. The van der Waals surface area contributed by atoms with Crippen molar-refractivity contribution in [2.75, 3.05) is 38.0 Å². The molecule has 7 nitrogen and oxygen atoms in total. The molecule has 0 aliphatic carbocycles. The van der Waals surface area contributed by atoms with Gasteiger partial charge in [0.05, 0.1) is 0 Å². The van der Waals surface area contributed by atoms with Gasteiger partial charge in [0.25, 0.3) is 0 Å². The molecule has 2 aromatic carbocycles. The molecule has 0 radical (unpaired) electrons. The number of hydrogen-bond donors (Lipinski definition) is 0. The standard InChI is InChI=1S/C32H39N7/c1-31(2,3)28-33-26-24(20-11-15-22(16-12-20)37(7)8)19-25(21-13-17-23(18-14-21)38(9)10)27-34-29(32(4,5)6)36-30(35-28)39(26)27/h11-19H,1-10H3. The number of nitrogens with zero attached hydrogens (tertiary/aromatic N) is 7. The number of anilines is 2. The van der Waals surface area contributed by atoms with E-state index in [0.717, 1.165) is 57.0 Å². The van der Waals surface area contributed by atoms with E-state index in [1.807, 2.05) is 4.90 Å². The maximum atomic E-state index is 5.15. The summed E-state index contributed by atoms with van der Waals surface area (Å²) in [4.78, 5) is 26.6. The second kappa shape index (κ2) is 9.33. The normalized spacial score (nSPS) is 17.1. The highest BCUT2D eigenvalue weighted by Crippen LogP contribution is 2.41. The first kappa shape index (κ1) is 26.6. The van der Waals surface area contributed by atoms with Crippen LogP contribution in [0.15, 0.2) is 80.4 Å². The molecule has 0 bridgehead atoms. The van der Waals surface area contributed by atoms with Gasteiger partial charge in [-0.15, -0.1) is 0 Å². The lowest BCUT2D eigenvalue weighted by molar-refractivity contribution is 0.565. The third-order valence-electron chi connectivity index (χ3n) is 6.96. The largest absolute Gasteiger partial charge is 0.378 e. The smallest absolute Gasteiger partial charge is 0.240 e. The summed E-state index contributed by atoms with van der Waals surface area (Å²) < 4.78 is 0. The van der Waals surface area contributed by atoms with Crippen molar-refractivity contribution >= 4 is 46.0 Å². The predicted molar refractivity (Wildman–Crippen MR) is 167 cm³/mol. The average Bonchev–Trinajstić information content (AvgIpc) is 2.87. The summed E-state index contributed by atoms with van der Waals surface area (Å²) in [5, 5.41) is 0. The van der Waals surface area contributed by atoms with Crippen molar-refractivity contribution in [1.82, 2.24) is 4.90 Å². The number of aliphatic imine (C=N–C) groups is 4. The molecule has 0 saturated carbocycles. The van der Waals surface area contributed by atoms with Crippen LogP contribution in [0.25, 0.3) is 11.1 Å². The molecule has 0 aromatic heterocycles.